The normalized spacial score (nSPS) is 17.9. The fraction of sp³-hybridized carbons (Fsp3) is 0.0645. The van der Waals surface area contributed by atoms with Gasteiger partial charge in [-0.05, 0) is 27.8 Å². The van der Waals surface area contributed by atoms with E-state index >= 15 is 0 Å². The van der Waals surface area contributed by atoms with Crippen LogP contribution in [0.15, 0.2) is 133 Å². The summed E-state index contributed by atoms with van der Waals surface area (Å²) in [4.78, 5) is 13.9. The minimum atomic E-state index is -0.297. The van der Waals surface area contributed by atoms with Gasteiger partial charge in [0.05, 0.1) is 5.92 Å². The van der Waals surface area contributed by atoms with E-state index in [9.17, 15) is 4.79 Å². The van der Waals surface area contributed by atoms with E-state index in [1.165, 1.54) is 0 Å². The standard InChI is InChI=1S/C31H24O/c32-31(26-19-11-4-12-20-26)30-28(24-15-7-2-8-16-24)21-27(23-13-5-1-6-14-23)22-29(30)25-17-9-3-10-18-25/h1-22,28,30H. The molecule has 1 aliphatic carbocycles. The first kappa shape index (κ1) is 20.0. The second kappa shape index (κ2) is 9.03. The van der Waals surface area contributed by atoms with E-state index in [2.05, 4.69) is 72.8 Å². The highest BCUT2D eigenvalue weighted by atomic mass is 16.1. The molecular weight excluding hydrogens is 388 g/mol. The van der Waals surface area contributed by atoms with Gasteiger partial charge in [0.25, 0.3) is 0 Å². The Hall–Kier alpha value is -3.97. The second-order valence-corrected chi connectivity index (χ2v) is 8.10. The quantitative estimate of drug-likeness (QED) is 0.311. The lowest BCUT2D eigenvalue weighted by atomic mass is 9.70. The van der Waals surface area contributed by atoms with E-state index in [0.29, 0.717) is 0 Å². The highest BCUT2D eigenvalue weighted by molar-refractivity contribution is 6.08. The molecule has 0 bridgehead atoms. The Labute approximate surface area is 189 Å². The molecule has 32 heavy (non-hydrogen) atoms. The first-order valence-electron chi connectivity index (χ1n) is 11.0. The lowest BCUT2D eigenvalue weighted by molar-refractivity contribution is 0.0942. The van der Waals surface area contributed by atoms with E-state index < -0.39 is 0 Å². The molecule has 0 spiro atoms. The smallest absolute Gasteiger partial charge is 0.171 e. The summed E-state index contributed by atoms with van der Waals surface area (Å²) in [5.74, 6) is -0.202. The third-order valence-electron chi connectivity index (χ3n) is 6.10. The van der Waals surface area contributed by atoms with Gasteiger partial charge in [-0.2, -0.15) is 0 Å². The van der Waals surface area contributed by atoms with Crippen LogP contribution < -0.4 is 0 Å². The van der Waals surface area contributed by atoms with Crippen molar-refractivity contribution >= 4 is 16.9 Å². The van der Waals surface area contributed by atoms with E-state index in [-0.39, 0.29) is 17.6 Å². The van der Waals surface area contributed by atoms with Crippen LogP contribution in [0, 0.1) is 5.92 Å². The number of hydrogen-bond donors (Lipinski definition) is 0. The number of carbonyl (C=O) groups excluding carboxylic acids is 1. The maximum absolute atomic E-state index is 13.9. The molecule has 1 aliphatic rings. The van der Waals surface area contributed by atoms with Crippen LogP contribution in [-0.2, 0) is 0 Å². The molecule has 0 radical (unpaired) electrons. The fourth-order valence-corrected chi connectivity index (χ4v) is 4.54. The first-order chi connectivity index (χ1) is 15.8. The molecule has 0 amide bonds. The van der Waals surface area contributed by atoms with Crippen molar-refractivity contribution in [2.24, 2.45) is 5.92 Å². The van der Waals surface area contributed by atoms with Crippen molar-refractivity contribution in [1.82, 2.24) is 0 Å². The molecule has 0 heterocycles. The van der Waals surface area contributed by atoms with Crippen molar-refractivity contribution in [3.05, 3.63) is 156 Å². The van der Waals surface area contributed by atoms with Gasteiger partial charge in [0.2, 0.25) is 0 Å². The van der Waals surface area contributed by atoms with E-state index in [1.54, 1.807) is 0 Å². The SMILES string of the molecule is O=C(c1ccccc1)C1C(c2ccccc2)=CC(c2ccccc2)=CC1c1ccccc1. The maximum Gasteiger partial charge on any atom is 0.171 e. The highest BCUT2D eigenvalue weighted by Gasteiger charge is 2.35. The lowest BCUT2D eigenvalue weighted by Gasteiger charge is -2.31. The number of Topliss-reactive ketones (excluding diaryl/α,β-unsaturated/α-hetero) is 1. The molecule has 0 aliphatic heterocycles. The minimum absolute atomic E-state index is 0.0562. The maximum atomic E-state index is 13.9. The van der Waals surface area contributed by atoms with E-state index in [4.69, 9.17) is 0 Å². The summed E-state index contributed by atoms with van der Waals surface area (Å²) >= 11 is 0. The van der Waals surface area contributed by atoms with Gasteiger partial charge in [-0.15, -0.1) is 0 Å². The monoisotopic (exact) mass is 412 g/mol. The molecule has 0 aromatic heterocycles. The molecule has 4 aromatic rings. The molecule has 4 aromatic carbocycles. The van der Waals surface area contributed by atoms with Crippen LogP contribution in [0.1, 0.15) is 33.0 Å². The molecule has 154 valence electrons. The van der Waals surface area contributed by atoms with Crippen molar-refractivity contribution in [2.45, 2.75) is 5.92 Å². The van der Waals surface area contributed by atoms with E-state index in [1.807, 2.05) is 60.7 Å². The summed E-state index contributed by atoms with van der Waals surface area (Å²) in [6, 6.07) is 40.8. The molecule has 2 unspecified atom stereocenters. The van der Waals surface area contributed by atoms with Gasteiger partial charge in [0, 0.05) is 11.5 Å². The number of rotatable bonds is 5. The van der Waals surface area contributed by atoms with Crippen molar-refractivity contribution in [3.8, 4) is 0 Å². The largest absolute Gasteiger partial charge is 0.293 e. The van der Waals surface area contributed by atoms with Crippen LogP contribution in [0.5, 0.6) is 0 Å². The van der Waals surface area contributed by atoms with Crippen molar-refractivity contribution < 1.29 is 4.79 Å². The molecule has 2 atom stereocenters. The summed E-state index contributed by atoms with van der Waals surface area (Å²) in [6.45, 7) is 0. The van der Waals surface area contributed by atoms with E-state index in [0.717, 1.165) is 33.4 Å². The summed E-state index contributed by atoms with van der Waals surface area (Å²) in [5.41, 5.74) is 6.36. The number of ketones is 1. The van der Waals surface area contributed by atoms with Crippen LogP contribution in [0.25, 0.3) is 11.1 Å². The predicted octanol–water partition coefficient (Wildman–Crippen LogP) is 7.45. The Balaban J connectivity index is 1.72. The zero-order valence-electron chi connectivity index (χ0n) is 17.8. The molecule has 1 nitrogen and oxygen atoms in total. The number of allylic oxidation sites excluding steroid dienone is 4. The predicted molar refractivity (Wildman–Crippen MR) is 132 cm³/mol. The molecule has 0 saturated carbocycles. The van der Waals surface area contributed by atoms with Gasteiger partial charge in [0.15, 0.2) is 5.78 Å². The molecule has 1 heteroatoms. The van der Waals surface area contributed by atoms with Crippen LogP contribution in [-0.4, -0.2) is 5.78 Å². The molecule has 0 fully saturated rings. The van der Waals surface area contributed by atoms with Crippen LogP contribution in [0.2, 0.25) is 0 Å². The molecule has 0 N–H and O–H groups in total. The summed E-state index contributed by atoms with van der Waals surface area (Å²) < 4.78 is 0. The van der Waals surface area contributed by atoms with Gasteiger partial charge in [0.1, 0.15) is 0 Å². The Morgan fingerprint density at radius 2 is 1.06 bits per heavy atom. The zero-order valence-corrected chi connectivity index (χ0v) is 17.8. The zero-order chi connectivity index (χ0) is 21.8. The van der Waals surface area contributed by atoms with Crippen molar-refractivity contribution in [2.75, 3.05) is 0 Å². The molecular formula is C31H24O. The number of hydrogen-bond acceptors (Lipinski definition) is 1. The molecule has 5 rings (SSSR count). The topological polar surface area (TPSA) is 17.1 Å². The van der Waals surface area contributed by atoms with Gasteiger partial charge >= 0.3 is 0 Å². The first-order valence-corrected chi connectivity index (χ1v) is 11.0. The van der Waals surface area contributed by atoms with Gasteiger partial charge in [-0.3, -0.25) is 4.79 Å². The number of benzene rings is 4. The Morgan fingerprint density at radius 3 is 1.66 bits per heavy atom. The summed E-state index contributed by atoms with van der Waals surface area (Å²) in [7, 11) is 0. The summed E-state index contributed by atoms with van der Waals surface area (Å²) in [6.07, 6.45) is 4.47. The fourth-order valence-electron chi connectivity index (χ4n) is 4.54. The van der Waals surface area contributed by atoms with Crippen molar-refractivity contribution in [1.29, 1.82) is 0 Å². The second-order valence-electron chi connectivity index (χ2n) is 8.10. The van der Waals surface area contributed by atoms with Gasteiger partial charge in [-0.25, -0.2) is 0 Å². The highest BCUT2D eigenvalue weighted by Crippen LogP contribution is 2.45. The summed E-state index contributed by atoms with van der Waals surface area (Å²) in [5, 5.41) is 0. The minimum Gasteiger partial charge on any atom is -0.293 e. The Morgan fingerprint density at radius 1 is 0.562 bits per heavy atom. The van der Waals surface area contributed by atoms with Crippen LogP contribution >= 0.6 is 0 Å². The van der Waals surface area contributed by atoms with Crippen LogP contribution in [0.3, 0.4) is 0 Å². The van der Waals surface area contributed by atoms with Gasteiger partial charge < -0.3 is 0 Å². The average molecular weight is 413 g/mol. The Kier molecular flexibility index (Phi) is 5.63. The third kappa shape index (κ3) is 3.98. The Bertz CT molecular complexity index is 1250. The van der Waals surface area contributed by atoms with Crippen molar-refractivity contribution in [3.63, 3.8) is 0 Å². The van der Waals surface area contributed by atoms with Crippen LogP contribution in [0.4, 0.5) is 0 Å². The molecule has 0 saturated heterocycles. The average Bonchev–Trinajstić information content (AvgIpc) is 2.89. The lowest BCUT2D eigenvalue weighted by Crippen LogP contribution is -2.25. The van der Waals surface area contributed by atoms with Gasteiger partial charge in [-0.1, -0.05) is 133 Å². The third-order valence-corrected chi connectivity index (χ3v) is 6.10. The number of carbonyl (C=O) groups is 1.